The van der Waals surface area contributed by atoms with Gasteiger partial charge < -0.3 is 25.1 Å². The lowest BCUT2D eigenvalue weighted by Gasteiger charge is -2.32. The van der Waals surface area contributed by atoms with E-state index < -0.39 is 41.9 Å². The number of hydrogen-bond donors (Lipinski definition) is 2. The van der Waals surface area contributed by atoms with Gasteiger partial charge in [0.2, 0.25) is 0 Å². The Bertz CT molecular complexity index is 990. The van der Waals surface area contributed by atoms with Gasteiger partial charge in [0, 0.05) is 31.1 Å². The third-order valence-electron chi connectivity index (χ3n) is 7.16. The molecular weight excluding hydrogens is 514 g/mol. The first-order valence-corrected chi connectivity index (χ1v) is 14.4. The van der Waals surface area contributed by atoms with Gasteiger partial charge in [-0.1, -0.05) is 61.0 Å². The van der Waals surface area contributed by atoms with Gasteiger partial charge >= 0.3 is 23.9 Å². The monoisotopic (exact) mass is 563 g/mol. The zero-order chi connectivity index (χ0) is 30.6. The highest BCUT2D eigenvalue weighted by Gasteiger charge is 2.36. The van der Waals surface area contributed by atoms with E-state index in [9.17, 15) is 24.3 Å². The van der Waals surface area contributed by atoms with Crippen LogP contribution in [0.15, 0.2) is 18.2 Å². The van der Waals surface area contributed by atoms with Crippen molar-refractivity contribution in [3.8, 4) is 11.5 Å². The highest BCUT2D eigenvalue weighted by Crippen LogP contribution is 2.37. The van der Waals surface area contributed by atoms with E-state index >= 15 is 0 Å². The van der Waals surface area contributed by atoms with Crippen LogP contribution in [0, 0.1) is 23.7 Å². The Morgan fingerprint density at radius 2 is 1.35 bits per heavy atom. The van der Waals surface area contributed by atoms with E-state index in [1.807, 2.05) is 41.5 Å². The summed E-state index contributed by atoms with van der Waals surface area (Å²) in [7, 11) is 0. The molecule has 0 spiro atoms. The Morgan fingerprint density at radius 1 is 0.825 bits per heavy atom. The van der Waals surface area contributed by atoms with Crippen molar-refractivity contribution in [2.75, 3.05) is 0 Å². The van der Waals surface area contributed by atoms with Crippen LogP contribution in [0.4, 0.5) is 0 Å². The predicted octanol–water partition coefficient (Wildman–Crippen LogP) is 5.87. The molecule has 0 fully saturated rings. The summed E-state index contributed by atoms with van der Waals surface area (Å²) >= 11 is 0. The second-order valence-corrected chi connectivity index (χ2v) is 11.7. The lowest BCUT2D eigenvalue weighted by atomic mass is 9.79. The molecule has 1 aromatic carbocycles. The maximum atomic E-state index is 12.6. The van der Waals surface area contributed by atoms with Gasteiger partial charge in [0.1, 0.15) is 12.1 Å². The Hall–Kier alpha value is -2.94. The molecule has 3 N–H and O–H groups in total. The minimum atomic E-state index is -1.34. The standard InChI is InChI=1S/C31H49NO8/c1-9-20(6)16-28(35)38-22(8)21(7)29(30(32)31(36)37)23-12-13-24(39-26(33)14-10-18(2)3)25(17-23)40-27(34)15-11-19(4)5/h12-13,17-22,29-30H,9-11,14-16,32H2,1-8H3,(H,36,37)/t20?,21?,22?,29?,30-/m0/s1. The Kier molecular flexibility index (Phi) is 14.9. The van der Waals surface area contributed by atoms with Gasteiger partial charge in [-0.25, -0.2) is 0 Å². The summed E-state index contributed by atoms with van der Waals surface area (Å²) in [6.07, 6.45) is 2.07. The molecule has 1 rings (SSSR count). The molecule has 0 aliphatic heterocycles. The molecule has 5 atom stereocenters. The maximum Gasteiger partial charge on any atom is 0.321 e. The van der Waals surface area contributed by atoms with Gasteiger partial charge in [0.05, 0.1) is 0 Å². The van der Waals surface area contributed by atoms with Gasteiger partial charge in [-0.2, -0.15) is 0 Å². The number of carbonyl (C=O) groups is 4. The fraction of sp³-hybridized carbons (Fsp3) is 0.677. The molecule has 0 saturated carbocycles. The quantitative estimate of drug-likeness (QED) is 0.176. The van der Waals surface area contributed by atoms with E-state index in [-0.39, 0.29) is 48.6 Å². The number of rotatable bonds is 17. The van der Waals surface area contributed by atoms with Crippen LogP contribution in [0.3, 0.4) is 0 Å². The van der Waals surface area contributed by atoms with Crippen molar-refractivity contribution in [3.63, 3.8) is 0 Å². The number of carboxylic acids is 1. The number of ether oxygens (including phenoxy) is 3. The van der Waals surface area contributed by atoms with E-state index in [2.05, 4.69) is 0 Å². The number of carbonyl (C=O) groups excluding carboxylic acids is 3. The van der Waals surface area contributed by atoms with Crippen LogP contribution in [-0.2, 0) is 23.9 Å². The molecule has 0 heterocycles. The molecule has 0 aliphatic rings. The summed E-state index contributed by atoms with van der Waals surface area (Å²) in [5, 5.41) is 9.80. The van der Waals surface area contributed by atoms with Crippen molar-refractivity contribution in [3.05, 3.63) is 23.8 Å². The summed E-state index contributed by atoms with van der Waals surface area (Å²) < 4.78 is 16.8. The molecule has 0 bridgehead atoms. The molecule has 0 amide bonds. The first kappa shape index (κ1) is 35.1. The van der Waals surface area contributed by atoms with E-state index in [0.29, 0.717) is 24.3 Å². The number of benzene rings is 1. The van der Waals surface area contributed by atoms with Crippen molar-refractivity contribution in [2.45, 2.75) is 112 Å². The number of aliphatic carboxylic acids is 1. The van der Waals surface area contributed by atoms with Crippen molar-refractivity contribution in [2.24, 2.45) is 29.4 Å². The average Bonchev–Trinajstić information content (AvgIpc) is 2.87. The second kappa shape index (κ2) is 17.0. The lowest BCUT2D eigenvalue weighted by molar-refractivity contribution is -0.152. The molecule has 0 radical (unpaired) electrons. The Balaban J connectivity index is 3.39. The van der Waals surface area contributed by atoms with Gasteiger partial charge in [-0.15, -0.1) is 0 Å². The second-order valence-electron chi connectivity index (χ2n) is 11.7. The molecule has 0 aliphatic carbocycles. The van der Waals surface area contributed by atoms with E-state index in [1.165, 1.54) is 12.1 Å². The number of esters is 3. The molecule has 9 nitrogen and oxygen atoms in total. The third kappa shape index (κ3) is 12.1. The Labute approximate surface area is 239 Å². The van der Waals surface area contributed by atoms with Gasteiger partial charge in [0.15, 0.2) is 11.5 Å². The summed E-state index contributed by atoms with van der Waals surface area (Å²) in [5.74, 6) is -3.01. The number of carboxylic acid groups (broad SMARTS) is 1. The lowest BCUT2D eigenvalue weighted by Crippen LogP contribution is -2.42. The molecule has 0 aromatic heterocycles. The molecule has 9 heteroatoms. The smallest absolute Gasteiger partial charge is 0.321 e. The minimum absolute atomic E-state index is 0.0142. The molecule has 4 unspecified atom stereocenters. The van der Waals surface area contributed by atoms with Crippen molar-refractivity contribution >= 4 is 23.9 Å². The van der Waals surface area contributed by atoms with Crippen LogP contribution in [0.1, 0.15) is 105 Å². The van der Waals surface area contributed by atoms with Gasteiger partial charge in [-0.3, -0.25) is 19.2 Å². The predicted molar refractivity (Wildman–Crippen MR) is 153 cm³/mol. The van der Waals surface area contributed by atoms with Crippen molar-refractivity contribution in [1.82, 2.24) is 0 Å². The first-order valence-electron chi connectivity index (χ1n) is 14.4. The van der Waals surface area contributed by atoms with Gasteiger partial charge in [-0.05, 0) is 55.2 Å². The Morgan fingerprint density at radius 3 is 1.82 bits per heavy atom. The van der Waals surface area contributed by atoms with E-state index in [1.54, 1.807) is 19.9 Å². The first-order chi connectivity index (χ1) is 18.7. The van der Waals surface area contributed by atoms with E-state index in [4.69, 9.17) is 19.9 Å². The topological polar surface area (TPSA) is 142 Å². The van der Waals surface area contributed by atoms with Crippen LogP contribution in [0.25, 0.3) is 0 Å². The van der Waals surface area contributed by atoms with Crippen LogP contribution in [0.5, 0.6) is 11.5 Å². The molecule has 1 aromatic rings. The largest absolute Gasteiger partial charge is 0.480 e. The van der Waals surface area contributed by atoms with Crippen LogP contribution >= 0.6 is 0 Å². The molecule has 226 valence electrons. The highest BCUT2D eigenvalue weighted by molar-refractivity contribution is 5.77. The summed E-state index contributed by atoms with van der Waals surface area (Å²) in [5.41, 5.74) is 6.61. The third-order valence-corrected chi connectivity index (χ3v) is 7.16. The summed E-state index contributed by atoms with van der Waals surface area (Å²) in [4.78, 5) is 49.6. The average molecular weight is 564 g/mol. The molecule has 40 heavy (non-hydrogen) atoms. The SMILES string of the molecule is CCC(C)CC(=O)OC(C)C(C)C(c1ccc(OC(=O)CCC(C)C)c(OC(=O)CCC(C)C)c1)[C@H](N)C(=O)O. The van der Waals surface area contributed by atoms with E-state index in [0.717, 1.165) is 6.42 Å². The van der Waals surface area contributed by atoms with Crippen molar-refractivity contribution in [1.29, 1.82) is 0 Å². The number of nitrogens with two attached hydrogens (primary N) is 1. The summed E-state index contributed by atoms with van der Waals surface area (Å²) in [6.45, 7) is 15.4. The molecular formula is C31H49NO8. The zero-order valence-electron chi connectivity index (χ0n) is 25.4. The molecule has 0 saturated heterocycles. The minimum Gasteiger partial charge on any atom is -0.480 e. The normalized spacial score (nSPS) is 15.2. The fourth-order valence-electron chi connectivity index (χ4n) is 4.13. The zero-order valence-corrected chi connectivity index (χ0v) is 25.4. The number of hydrogen-bond acceptors (Lipinski definition) is 8. The fourth-order valence-corrected chi connectivity index (χ4v) is 4.13. The van der Waals surface area contributed by atoms with Crippen LogP contribution in [0.2, 0.25) is 0 Å². The maximum absolute atomic E-state index is 12.6. The van der Waals surface area contributed by atoms with Crippen LogP contribution < -0.4 is 15.2 Å². The van der Waals surface area contributed by atoms with Crippen molar-refractivity contribution < 1.29 is 38.5 Å². The highest BCUT2D eigenvalue weighted by atomic mass is 16.6. The summed E-state index contributed by atoms with van der Waals surface area (Å²) in [6, 6.07) is 3.25. The van der Waals surface area contributed by atoms with Gasteiger partial charge in [0.25, 0.3) is 0 Å². The van der Waals surface area contributed by atoms with Crippen LogP contribution in [-0.4, -0.2) is 41.1 Å².